The second-order valence-corrected chi connectivity index (χ2v) is 8.74. The first-order chi connectivity index (χ1) is 11.4. The molecule has 24 heavy (non-hydrogen) atoms. The molecule has 0 radical (unpaired) electrons. The topological polar surface area (TPSA) is 75.7 Å². The fraction of sp³-hybridized carbons (Fsp3) is 0.588. The Kier molecular flexibility index (Phi) is 4.94. The van der Waals surface area contributed by atoms with E-state index in [0.717, 1.165) is 16.3 Å². The smallest absolute Gasteiger partial charge is 0.264 e. The molecule has 2 bridgehead atoms. The molecule has 2 aliphatic rings. The Balaban J connectivity index is 1.59. The van der Waals surface area contributed by atoms with Gasteiger partial charge in [0.2, 0.25) is 5.91 Å². The number of hydrogen-bond acceptors (Lipinski definition) is 4. The van der Waals surface area contributed by atoms with Gasteiger partial charge >= 0.3 is 0 Å². The number of carbonyl (C=O) groups is 1. The maximum absolute atomic E-state index is 12.2. The van der Waals surface area contributed by atoms with Gasteiger partial charge in [-0.1, -0.05) is 10.9 Å². The van der Waals surface area contributed by atoms with Crippen molar-refractivity contribution in [3.8, 4) is 0 Å². The SMILES string of the molecule is CON(C)S(=O)(=O)c1ccc(NC(=O)C[C@H]2C[C@H]3CC[C@H]2C3)cc1. The number of carbonyl (C=O) groups excluding carboxylic acids is 1. The van der Waals surface area contributed by atoms with Gasteiger partial charge in [-0.2, -0.15) is 0 Å². The zero-order chi connectivity index (χ0) is 17.3. The van der Waals surface area contributed by atoms with Crippen molar-refractivity contribution in [2.24, 2.45) is 17.8 Å². The summed E-state index contributed by atoms with van der Waals surface area (Å²) >= 11 is 0. The fourth-order valence-corrected chi connectivity index (χ4v) is 5.01. The third-order valence-electron chi connectivity index (χ3n) is 5.36. The molecule has 0 unspecified atom stereocenters. The Morgan fingerprint density at radius 1 is 1.25 bits per heavy atom. The molecule has 0 saturated heterocycles. The molecule has 3 atom stereocenters. The lowest BCUT2D eigenvalue weighted by molar-refractivity contribution is -0.117. The van der Waals surface area contributed by atoms with Crippen molar-refractivity contribution in [3.05, 3.63) is 24.3 Å². The van der Waals surface area contributed by atoms with E-state index in [2.05, 4.69) is 5.32 Å². The van der Waals surface area contributed by atoms with Gasteiger partial charge in [-0.3, -0.25) is 9.63 Å². The molecule has 0 heterocycles. The van der Waals surface area contributed by atoms with Crippen LogP contribution in [-0.2, 0) is 19.7 Å². The molecule has 7 heteroatoms. The molecule has 1 amide bonds. The minimum absolute atomic E-state index is 0.0113. The largest absolute Gasteiger partial charge is 0.326 e. The van der Waals surface area contributed by atoms with Crippen LogP contribution in [0.15, 0.2) is 29.2 Å². The summed E-state index contributed by atoms with van der Waals surface area (Å²) in [6.07, 6.45) is 5.63. The van der Waals surface area contributed by atoms with Crippen molar-refractivity contribution in [2.75, 3.05) is 19.5 Å². The Morgan fingerprint density at radius 2 is 1.96 bits per heavy atom. The van der Waals surface area contributed by atoms with Gasteiger partial charge in [-0.15, -0.1) is 0 Å². The van der Waals surface area contributed by atoms with Crippen molar-refractivity contribution in [3.63, 3.8) is 0 Å². The molecule has 132 valence electrons. The highest BCUT2D eigenvalue weighted by Crippen LogP contribution is 2.49. The lowest BCUT2D eigenvalue weighted by Gasteiger charge is -2.21. The lowest BCUT2D eigenvalue weighted by atomic mass is 9.86. The number of hydrogen-bond donors (Lipinski definition) is 1. The molecule has 1 aromatic carbocycles. The highest BCUT2D eigenvalue weighted by molar-refractivity contribution is 7.89. The number of benzene rings is 1. The molecular formula is C17H24N2O4S. The van der Waals surface area contributed by atoms with Gasteiger partial charge in [0.15, 0.2) is 0 Å². The second kappa shape index (κ2) is 6.82. The Morgan fingerprint density at radius 3 is 2.50 bits per heavy atom. The van der Waals surface area contributed by atoms with Crippen LogP contribution in [0.2, 0.25) is 0 Å². The third kappa shape index (κ3) is 3.48. The van der Waals surface area contributed by atoms with E-state index in [4.69, 9.17) is 4.84 Å². The summed E-state index contributed by atoms with van der Waals surface area (Å²) < 4.78 is 25.0. The van der Waals surface area contributed by atoms with Crippen molar-refractivity contribution in [1.29, 1.82) is 0 Å². The van der Waals surface area contributed by atoms with Crippen LogP contribution in [0.4, 0.5) is 5.69 Å². The van der Waals surface area contributed by atoms with Gasteiger partial charge in [-0.25, -0.2) is 8.42 Å². The molecule has 1 aromatic rings. The standard InChI is InChI=1S/C17H24N2O4S/c1-19(23-2)24(21,22)16-7-5-15(6-8-16)18-17(20)11-14-10-12-3-4-13(14)9-12/h5-8,12-14H,3-4,9-11H2,1-2H3,(H,18,20)/t12-,13-,14+/m0/s1. The van der Waals surface area contributed by atoms with Crippen molar-refractivity contribution < 1.29 is 18.0 Å². The van der Waals surface area contributed by atoms with Crippen LogP contribution in [0, 0.1) is 17.8 Å². The molecule has 0 aromatic heterocycles. The van der Waals surface area contributed by atoms with E-state index in [-0.39, 0.29) is 10.8 Å². The first-order valence-electron chi connectivity index (χ1n) is 8.33. The van der Waals surface area contributed by atoms with Crippen LogP contribution >= 0.6 is 0 Å². The Hall–Kier alpha value is -1.44. The first kappa shape index (κ1) is 17.4. The van der Waals surface area contributed by atoms with E-state index >= 15 is 0 Å². The minimum Gasteiger partial charge on any atom is -0.326 e. The molecule has 1 N–H and O–H groups in total. The summed E-state index contributed by atoms with van der Waals surface area (Å²) in [5, 5.41) is 2.87. The predicted molar refractivity (Wildman–Crippen MR) is 90.6 cm³/mol. The minimum atomic E-state index is -3.66. The first-order valence-corrected chi connectivity index (χ1v) is 9.77. The van der Waals surface area contributed by atoms with Crippen LogP contribution in [0.1, 0.15) is 32.1 Å². The number of fused-ring (bicyclic) bond motifs is 2. The molecule has 3 rings (SSSR count). The van der Waals surface area contributed by atoms with E-state index in [9.17, 15) is 13.2 Å². The number of anilines is 1. The number of nitrogens with zero attached hydrogens (tertiary/aromatic N) is 1. The maximum atomic E-state index is 12.2. The third-order valence-corrected chi connectivity index (χ3v) is 7.06. The monoisotopic (exact) mass is 352 g/mol. The predicted octanol–water partition coefficient (Wildman–Crippen LogP) is 2.63. The molecule has 2 fully saturated rings. The fourth-order valence-electron chi connectivity index (χ4n) is 4.03. The number of nitrogens with one attached hydrogen (secondary N) is 1. The normalized spacial score (nSPS) is 26.0. The average Bonchev–Trinajstić information content (AvgIpc) is 3.17. The Bertz CT molecular complexity index is 702. The van der Waals surface area contributed by atoms with Crippen molar-refractivity contribution in [2.45, 2.75) is 37.0 Å². The van der Waals surface area contributed by atoms with Crippen LogP contribution < -0.4 is 5.32 Å². The average molecular weight is 352 g/mol. The van der Waals surface area contributed by atoms with Crippen LogP contribution in [0.25, 0.3) is 0 Å². The van der Waals surface area contributed by atoms with Gasteiger partial charge < -0.3 is 5.32 Å². The highest BCUT2D eigenvalue weighted by atomic mass is 32.2. The van der Waals surface area contributed by atoms with Gasteiger partial charge in [0, 0.05) is 19.2 Å². The highest BCUT2D eigenvalue weighted by Gasteiger charge is 2.40. The lowest BCUT2D eigenvalue weighted by Crippen LogP contribution is -2.25. The van der Waals surface area contributed by atoms with Crippen molar-refractivity contribution in [1.82, 2.24) is 4.47 Å². The number of rotatable bonds is 6. The molecule has 2 aliphatic carbocycles. The van der Waals surface area contributed by atoms with Crippen molar-refractivity contribution >= 4 is 21.6 Å². The number of amides is 1. The van der Waals surface area contributed by atoms with Gasteiger partial charge in [0.1, 0.15) is 0 Å². The summed E-state index contributed by atoms with van der Waals surface area (Å²) in [5.41, 5.74) is 0.613. The number of hydroxylamine groups is 1. The molecule has 0 aliphatic heterocycles. The maximum Gasteiger partial charge on any atom is 0.264 e. The van der Waals surface area contributed by atoms with E-state index in [1.54, 1.807) is 12.1 Å². The number of sulfonamides is 1. The zero-order valence-corrected chi connectivity index (χ0v) is 14.9. The van der Waals surface area contributed by atoms with Crippen LogP contribution in [0.5, 0.6) is 0 Å². The summed E-state index contributed by atoms with van der Waals surface area (Å²) in [6.45, 7) is 0. The van der Waals surface area contributed by atoms with Gasteiger partial charge in [0.05, 0.1) is 12.0 Å². The van der Waals surface area contributed by atoms with Gasteiger partial charge in [0.25, 0.3) is 10.0 Å². The van der Waals surface area contributed by atoms with E-state index in [1.807, 2.05) is 0 Å². The Labute approximate surface area is 143 Å². The van der Waals surface area contributed by atoms with E-state index in [1.165, 1.54) is 52.0 Å². The molecule has 2 saturated carbocycles. The molecule has 6 nitrogen and oxygen atoms in total. The zero-order valence-electron chi connectivity index (χ0n) is 14.1. The molecule has 0 spiro atoms. The van der Waals surface area contributed by atoms with E-state index in [0.29, 0.717) is 18.0 Å². The summed E-state index contributed by atoms with van der Waals surface area (Å²) in [5.74, 6) is 2.07. The van der Waals surface area contributed by atoms with E-state index < -0.39 is 10.0 Å². The summed E-state index contributed by atoms with van der Waals surface area (Å²) in [4.78, 5) is 17.1. The van der Waals surface area contributed by atoms with Crippen LogP contribution in [-0.4, -0.2) is 33.0 Å². The quantitative estimate of drug-likeness (QED) is 0.799. The summed E-state index contributed by atoms with van der Waals surface area (Å²) in [6, 6.07) is 6.15. The summed E-state index contributed by atoms with van der Waals surface area (Å²) in [7, 11) is -1.03. The molecular weight excluding hydrogens is 328 g/mol. The van der Waals surface area contributed by atoms with Gasteiger partial charge in [-0.05, 0) is 61.3 Å². The van der Waals surface area contributed by atoms with Crippen LogP contribution in [0.3, 0.4) is 0 Å². The second-order valence-electron chi connectivity index (χ2n) is 6.81.